The van der Waals surface area contributed by atoms with Crippen LogP contribution in [0.25, 0.3) is 0 Å². The fourth-order valence-electron chi connectivity index (χ4n) is 1.96. The van der Waals surface area contributed by atoms with Crippen molar-refractivity contribution in [1.29, 1.82) is 0 Å². The molecule has 0 amide bonds. The van der Waals surface area contributed by atoms with Gasteiger partial charge in [-0.15, -0.1) is 0 Å². The van der Waals surface area contributed by atoms with Crippen LogP contribution in [0, 0.1) is 0 Å². The molecule has 2 aromatic rings. The average Bonchev–Trinajstić information content (AvgIpc) is 2.37. The van der Waals surface area contributed by atoms with Gasteiger partial charge in [-0.05, 0) is 42.8 Å². The monoisotopic (exact) mass is 293 g/mol. The number of aromatic hydroxyl groups is 2. The van der Waals surface area contributed by atoms with Crippen LogP contribution >= 0.6 is 11.6 Å². The predicted molar refractivity (Wildman–Crippen MR) is 79.8 cm³/mol. The number of benzene rings is 2. The summed E-state index contributed by atoms with van der Waals surface area (Å²) >= 11 is 6.06. The molecular weight excluding hydrogens is 278 g/mol. The standard InChI is InChI=1S/C15H16ClNO3/c1-9(10-5-12(18)8-13(19)6-10)17-11-3-4-15(20-2)14(16)7-11/h3-9,17-19H,1-2H3. The van der Waals surface area contributed by atoms with Crippen LogP contribution in [-0.4, -0.2) is 17.3 Å². The second-order valence-corrected chi connectivity index (χ2v) is 4.91. The van der Waals surface area contributed by atoms with Crippen LogP contribution in [-0.2, 0) is 0 Å². The first-order valence-corrected chi connectivity index (χ1v) is 6.50. The molecule has 1 atom stereocenters. The Bertz CT molecular complexity index is 596. The maximum Gasteiger partial charge on any atom is 0.137 e. The summed E-state index contributed by atoms with van der Waals surface area (Å²) < 4.78 is 5.10. The van der Waals surface area contributed by atoms with Crippen LogP contribution in [0.5, 0.6) is 17.2 Å². The molecular formula is C15H16ClNO3. The lowest BCUT2D eigenvalue weighted by atomic mass is 10.1. The summed E-state index contributed by atoms with van der Waals surface area (Å²) in [6, 6.07) is 9.78. The Kier molecular flexibility index (Phi) is 4.25. The van der Waals surface area contributed by atoms with Gasteiger partial charge in [0.25, 0.3) is 0 Å². The predicted octanol–water partition coefficient (Wildman–Crippen LogP) is 3.93. The van der Waals surface area contributed by atoms with E-state index in [0.29, 0.717) is 10.8 Å². The highest BCUT2D eigenvalue weighted by molar-refractivity contribution is 6.32. The van der Waals surface area contributed by atoms with E-state index in [1.807, 2.05) is 13.0 Å². The van der Waals surface area contributed by atoms with Crippen LogP contribution in [0.2, 0.25) is 5.02 Å². The summed E-state index contributed by atoms with van der Waals surface area (Å²) in [4.78, 5) is 0. The molecule has 0 spiro atoms. The molecule has 0 fully saturated rings. The highest BCUT2D eigenvalue weighted by Gasteiger charge is 2.09. The number of rotatable bonds is 4. The molecule has 5 heteroatoms. The van der Waals surface area contributed by atoms with Crippen LogP contribution < -0.4 is 10.1 Å². The Morgan fingerprint density at radius 3 is 2.30 bits per heavy atom. The number of phenols is 2. The molecule has 0 saturated heterocycles. The van der Waals surface area contributed by atoms with Crippen molar-refractivity contribution in [2.24, 2.45) is 0 Å². The zero-order valence-electron chi connectivity index (χ0n) is 11.2. The van der Waals surface area contributed by atoms with E-state index < -0.39 is 0 Å². The van der Waals surface area contributed by atoms with Crippen molar-refractivity contribution < 1.29 is 14.9 Å². The van der Waals surface area contributed by atoms with Crippen molar-refractivity contribution in [2.45, 2.75) is 13.0 Å². The SMILES string of the molecule is COc1ccc(NC(C)c2cc(O)cc(O)c2)cc1Cl. The minimum atomic E-state index is -0.0996. The van der Waals surface area contributed by atoms with Crippen molar-refractivity contribution in [1.82, 2.24) is 0 Å². The van der Waals surface area contributed by atoms with E-state index in [2.05, 4.69) is 5.32 Å². The quantitative estimate of drug-likeness (QED) is 0.799. The van der Waals surface area contributed by atoms with Crippen LogP contribution in [0.3, 0.4) is 0 Å². The third-order valence-electron chi connectivity index (χ3n) is 2.96. The van der Waals surface area contributed by atoms with Gasteiger partial charge in [-0.25, -0.2) is 0 Å². The Morgan fingerprint density at radius 2 is 1.75 bits per heavy atom. The molecule has 2 rings (SSSR count). The minimum Gasteiger partial charge on any atom is -0.508 e. The maximum absolute atomic E-state index is 9.50. The lowest BCUT2D eigenvalue weighted by Crippen LogP contribution is -2.06. The molecule has 3 N–H and O–H groups in total. The second-order valence-electron chi connectivity index (χ2n) is 4.50. The van der Waals surface area contributed by atoms with Gasteiger partial charge >= 0.3 is 0 Å². The number of anilines is 1. The lowest BCUT2D eigenvalue weighted by Gasteiger charge is -2.17. The summed E-state index contributed by atoms with van der Waals surface area (Å²) in [5.74, 6) is 0.669. The molecule has 0 radical (unpaired) electrons. The molecule has 0 aliphatic carbocycles. The second kappa shape index (κ2) is 5.92. The fourth-order valence-corrected chi connectivity index (χ4v) is 2.22. The van der Waals surface area contributed by atoms with Crippen LogP contribution in [0.15, 0.2) is 36.4 Å². The fraction of sp³-hybridized carbons (Fsp3) is 0.200. The summed E-state index contributed by atoms with van der Waals surface area (Å²) in [6.45, 7) is 1.92. The average molecular weight is 294 g/mol. The van der Waals surface area contributed by atoms with Crippen LogP contribution in [0.1, 0.15) is 18.5 Å². The number of ether oxygens (including phenoxy) is 1. The topological polar surface area (TPSA) is 61.7 Å². The largest absolute Gasteiger partial charge is 0.508 e. The van der Waals surface area contributed by atoms with Gasteiger partial charge in [-0.2, -0.15) is 0 Å². The number of hydrogen-bond acceptors (Lipinski definition) is 4. The van der Waals surface area contributed by atoms with E-state index >= 15 is 0 Å². The number of nitrogens with one attached hydrogen (secondary N) is 1. The van der Waals surface area contributed by atoms with Gasteiger partial charge < -0.3 is 20.3 Å². The molecule has 0 heterocycles. The van der Waals surface area contributed by atoms with Crippen LogP contribution in [0.4, 0.5) is 5.69 Å². The Hall–Kier alpha value is -2.07. The van der Waals surface area contributed by atoms with E-state index in [4.69, 9.17) is 16.3 Å². The molecule has 0 saturated carbocycles. The van der Waals surface area contributed by atoms with Gasteiger partial charge in [0, 0.05) is 17.8 Å². The van der Waals surface area contributed by atoms with Gasteiger partial charge in [0.05, 0.1) is 12.1 Å². The molecule has 0 aromatic heterocycles. The van der Waals surface area contributed by atoms with Crippen molar-refractivity contribution >= 4 is 17.3 Å². The number of phenolic OH excluding ortho intramolecular Hbond substituents is 2. The van der Waals surface area contributed by atoms with E-state index in [-0.39, 0.29) is 17.5 Å². The van der Waals surface area contributed by atoms with E-state index in [1.165, 1.54) is 6.07 Å². The van der Waals surface area contributed by atoms with Crippen molar-refractivity contribution in [3.8, 4) is 17.2 Å². The zero-order valence-corrected chi connectivity index (χ0v) is 12.0. The van der Waals surface area contributed by atoms with E-state index in [1.54, 1.807) is 31.4 Å². The smallest absolute Gasteiger partial charge is 0.137 e. The first kappa shape index (κ1) is 14.3. The lowest BCUT2D eigenvalue weighted by molar-refractivity contribution is 0.415. The molecule has 4 nitrogen and oxygen atoms in total. The summed E-state index contributed by atoms with van der Waals surface area (Å²) in [6.07, 6.45) is 0. The van der Waals surface area contributed by atoms with Gasteiger partial charge in [0.15, 0.2) is 0 Å². The molecule has 0 aliphatic rings. The Labute approximate surface area is 122 Å². The first-order chi connectivity index (χ1) is 9.49. The zero-order chi connectivity index (χ0) is 14.7. The van der Waals surface area contributed by atoms with Crippen molar-refractivity contribution in [2.75, 3.05) is 12.4 Å². The number of hydrogen-bond donors (Lipinski definition) is 3. The Balaban J connectivity index is 2.18. The van der Waals surface area contributed by atoms with Gasteiger partial charge in [-0.3, -0.25) is 0 Å². The third kappa shape index (κ3) is 3.27. The highest BCUT2D eigenvalue weighted by atomic mass is 35.5. The van der Waals surface area contributed by atoms with E-state index in [9.17, 15) is 10.2 Å². The molecule has 0 bridgehead atoms. The molecule has 106 valence electrons. The highest BCUT2D eigenvalue weighted by Crippen LogP contribution is 2.30. The molecule has 2 aromatic carbocycles. The molecule has 20 heavy (non-hydrogen) atoms. The number of halogens is 1. The number of methoxy groups -OCH3 is 1. The maximum atomic E-state index is 9.50. The third-order valence-corrected chi connectivity index (χ3v) is 3.26. The normalized spacial score (nSPS) is 11.9. The minimum absolute atomic E-state index is 0.0291. The van der Waals surface area contributed by atoms with Gasteiger partial charge in [0.1, 0.15) is 17.2 Å². The Morgan fingerprint density at radius 1 is 1.10 bits per heavy atom. The summed E-state index contributed by atoms with van der Waals surface area (Å²) in [5.41, 5.74) is 1.60. The van der Waals surface area contributed by atoms with Gasteiger partial charge in [0.2, 0.25) is 0 Å². The van der Waals surface area contributed by atoms with Crippen molar-refractivity contribution in [3.63, 3.8) is 0 Å². The summed E-state index contributed by atoms with van der Waals surface area (Å²) in [7, 11) is 1.56. The first-order valence-electron chi connectivity index (χ1n) is 6.12. The van der Waals surface area contributed by atoms with Crippen molar-refractivity contribution in [3.05, 3.63) is 47.0 Å². The van der Waals surface area contributed by atoms with E-state index in [0.717, 1.165) is 11.3 Å². The summed E-state index contributed by atoms with van der Waals surface area (Å²) in [5, 5.41) is 22.8. The molecule has 0 aliphatic heterocycles. The van der Waals surface area contributed by atoms with Gasteiger partial charge in [-0.1, -0.05) is 11.6 Å². The molecule has 1 unspecified atom stereocenters.